The summed E-state index contributed by atoms with van der Waals surface area (Å²) in [6.07, 6.45) is 0. The minimum absolute atomic E-state index is 0.148. The summed E-state index contributed by atoms with van der Waals surface area (Å²) in [5.41, 5.74) is 7.59. The van der Waals surface area contributed by atoms with Gasteiger partial charge in [-0.2, -0.15) is 0 Å². The van der Waals surface area contributed by atoms with Crippen molar-refractivity contribution in [2.45, 2.75) is 11.8 Å². The van der Waals surface area contributed by atoms with Crippen LogP contribution in [0, 0.1) is 0 Å². The van der Waals surface area contributed by atoms with Crippen molar-refractivity contribution in [3.05, 3.63) is 35.4 Å². The van der Waals surface area contributed by atoms with E-state index in [4.69, 9.17) is 5.73 Å². The Morgan fingerprint density at radius 2 is 2.18 bits per heavy atom. The predicted molar refractivity (Wildman–Crippen MR) is 66.1 cm³/mol. The summed E-state index contributed by atoms with van der Waals surface area (Å²) in [5.74, 6) is -0.977. The van der Waals surface area contributed by atoms with E-state index in [2.05, 4.69) is 11.9 Å². The fourth-order valence-corrected chi connectivity index (χ4v) is 2.46. The van der Waals surface area contributed by atoms with Crippen molar-refractivity contribution in [1.82, 2.24) is 4.90 Å². The number of likely N-dealkylation sites (N-methyl/N-ethyl adjacent to an activating group) is 1. The molecule has 0 aliphatic carbocycles. The molecule has 1 aliphatic heterocycles. The van der Waals surface area contributed by atoms with E-state index >= 15 is 0 Å². The average molecular weight is 234 g/mol. The van der Waals surface area contributed by atoms with Crippen LogP contribution in [0.1, 0.15) is 23.0 Å². The molecule has 0 radical (unpaired) electrons. The third-order valence-corrected chi connectivity index (χ3v) is 3.41. The third kappa shape index (κ3) is 2.33. The Balaban J connectivity index is 2.30. The van der Waals surface area contributed by atoms with Gasteiger partial charge in [0.05, 0.1) is 5.92 Å². The SMILES string of the molecule is CN1CC(c2ccccc2C(CN)C(=O)O)C1. The molecule has 4 nitrogen and oxygen atoms in total. The zero-order chi connectivity index (χ0) is 12.4. The largest absolute Gasteiger partial charge is 0.481 e. The maximum atomic E-state index is 11.2. The fourth-order valence-electron chi connectivity index (χ4n) is 2.46. The highest BCUT2D eigenvalue weighted by molar-refractivity contribution is 5.77. The van der Waals surface area contributed by atoms with E-state index < -0.39 is 11.9 Å². The Morgan fingerprint density at radius 3 is 2.71 bits per heavy atom. The molecule has 0 amide bonds. The van der Waals surface area contributed by atoms with Gasteiger partial charge in [0.2, 0.25) is 0 Å². The lowest BCUT2D eigenvalue weighted by Crippen LogP contribution is -2.42. The number of benzene rings is 1. The number of carboxylic acid groups (broad SMARTS) is 1. The van der Waals surface area contributed by atoms with Crippen LogP contribution in [-0.2, 0) is 4.79 Å². The summed E-state index contributed by atoms with van der Waals surface area (Å²) in [4.78, 5) is 13.4. The molecule has 1 aromatic carbocycles. The minimum Gasteiger partial charge on any atom is -0.481 e. The third-order valence-electron chi connectivity index (χ3n) is 3.41. The number of likely N-dealkylation sites (tertiary alicyclic amines) is 1. The standard InChI is InChI=1S/C13H18N2O2/c1-15-7-9(8-15)10-4-2-3-5-11(10)12(6-14)13(16)17/h2-5,9,12H,6-8,14H2,1H3,(H,16,17). The number of hydrogen-bond donors (Lipinski definition) is 2. The summed E-state index contributed by atoms with van der Waals surface area (Å²) >= 11 is 0. The van der Waals surface area contributed by atoms with Crippen molar-refractivity contribution < 1.29 is 9.90 Å². The molecule has 0 aromatic heterocycles. The van der Waals surface area contributed by atoms with Gasteiger partial charge in [0, 0.05) is 25.6 Å². The molecule has 1 saturated heterocycles. The first-order valence-corrected chi connectivity index (χ1v) is 5.83. The second kappa shape index (κ2) is 4.85. The number of rotatable bonds is 4. The summed E-state index contributed by atoms with van der Waals surface area (Å²) in [5, 5.41) is 9.19. The van der Waals surface area contributed by atoms with Gasteiger partial charge in [-0.3, -0.25) is 4.79 Å². The Bertz CT molecular complexity index is 414. The van der Waals surface area contributed by atoms with Crippen molar-refractivity contribution in [1.29, 1.82) is 0 Å². The molecule has 1 aromatic rings. The van der Waals surface area contributed by atoms with Crippen molar-refractivity contribution in [3.63, 3.8) is 0 Å². The molecule has 3 N–H and O–H groups in total. The first kappa shape index (κ1) is 12.1. The van der Waals surface area contributed by atoms with Crippen molar-refractivity contribution >= 4 is 5.97 Å². The number of hydrogen-bond acceptors (Lipinski definition) is 3. The van der Waals surface area contributed by atoms with Crippen LogP contribution in [0.5, 0.6) is 0 Å². The van der Waals surface area contributed by atoms with Gasteiger partial charge in [-0.25, -0.2) is 0 Å². The highest BCUT2D eigenvalue weighted by atomic mass is 16.4. The van der Waals surface area contributed by atoms with Crippen LogP contribution in [0.4, 0.5) is 0 Å². The molecule has 92 valence electrons. The van der Waals surface area contributed by atoms with Gasteiger partial charge in [0.1, 0.15) is 0 Å². The van der Waals surface area contributed by atoms with Gasteiger partial charge in [-0.05, 0) is 18.2 Å². The topological polar surface area (TPSA) is 66.6 Å². The number of carbonyl (C=O) groups is 1. The second-order valence-corrected chi connectivity index (χ2v) is 4.67. The maximum Gasteiger partial charge on any atom is 0.312 e. The predicted octanol–water partition coefficient (Wildman–Crippen LogP) is 0.843. The first-order valence-electron chi connectivity index (χ1n) is 5.83. The van der Waals surface area contributed by atoms with Crippen LogP contribution in [0.3, 0.4) is 0 Å². The van der Waals surface area contributed by atoms with Crippen molar-refractivity contribution in [2.75, 3.05) is 26.7 Å². The van der Waals surface area contributed by atoms with E-state index in [-0.39, 0.29) is 6.54 Å². The van der Waals surface area contributed by atoms with Crippen LogP contribution in [-0.4, -0.2) is 42.7 Å². The molecule has 1 unspecified atom stereocenters. The lowest BCUT2D eigenvalue weighted by molar-refractivity contribution is -0.138. The number of nitrogens with two attached hydrogens (primary N) is 1. The molecule has 0 spiro atoms. The van der Waals surface area contributed by atoms with Crippen LogP contribution in [0.25, 0.3) is 0 Å². The van der Waals surface area contributed by atoms with E-state index in [9.17, 15) is 9.90 Å². The van der Waals surface area contributed by atoms with Crippen molar-refractivity contribution in [2.24, 2.45) is 5.73 Å². The van der Waals surface area contributed by atoms with Gasteiger partial charge in [-0.15, -0.1) is 0 Å². The zero-order valence-electron chi connectivity index (χ0n) is 9.97. The highest BCUT2D eigenvalue weighted by Gasteiger charge is 2.30. The molecule has 1 heterocycles. The molecule has 2 rings (SSSR count). The van der Waals surface area contributed by atoms with Gasteiger partial charge < -0.3 is 15.7 Å². The van der Waals surface area contributed by atoms with Crippen LogP contribution in [0.15, 0.2) is 24.3 Å². The molecule has 17 heavy (non-hydrogen) atoms. The number of nitrogens with zero attached hydrogens (tertiary/aromatic N) is 1. The van der Waals surface area contributed by atoms with Gasteiger partial charge in [0.15, 0.2) is 0 Å². The second-order valence-electron chi connectivity index (χ2n) is 4.67. The highest BCUT2D eigenvalue weighted by Crippen LogP contribution is 2.31. The Morgan fingerprint density at radius 1 is 1.53 bits per heavy atom. The molecule has 0 bridgehead atoms. The Kier molecular flexibility index (Phi) is 3.45. The smallest absolute Gasteiger partial charge is 0.312 e. The quantitative estimate of drug-likeness (QED) is 0.810. The Labute approximate surface area is 101 Å². The monoisotopic (exact) mass is 234 g/mol. The van der Waals surface area contributed by atoms with E-state index in [0.717, 1.165) is 24.2 Å². The van der Waals surface area contributed by atoms with E-state index in [1.807, 2.05) is 24.3 Å². The van der Waals surface area contributed by atoms with E-state index in [1.165, 1.54) is 0 Å². The molecular formula is C13H18N2O2. The van der Waals surface area contributed by atoms with Crippen molar-refractivity contribution in [3.8, 4) is 0 Å². The molecular weight excluding hydrogens is 216 g/mol. The molecule has 0 saturated carbocycles. The van der Waals surface area contributed by atoms with Gasteiger partial charge in [0.25, 0.3) is 0 Å². The van der Waals surface area contributed by atoms with Crippen LogP contribution < -0.4 is 5.73 Å². The average Bonchev–Trinajstić information content (AvgIpc) is 2.26. The minimum atomic E-state index is -0.840. The van der Waals surface area contributed by atoms with Crippen LogP contribution in [0.2, 0.25) is 0 Å². The molecule has 1 aliphatic rings. The lowest BCUT2D eigenvalue weighted by atomic mass is 9.84. The summed E-state index contributed by atoms with van der Waals surface area (Å²) < 4.78 is 0. The lowest BCUT2D eigenvalue weighted by Gasteiger charge is -2.38. The van der Waals surface area contributed by atoms with Crippen LogP contribution >= 0.6 is 0 Å². The fraction of sp³-hybridized carbons (Fsp3) is 0.462. The Hall–Kier alpha value is -1.39. The summed E-state index contributed by atoms with van der Waals surface area (Å²) in [6.45, 7) is 2.14. The molecule has 1 fully saturated rings. The number of carboxylic acids is 1. The van der Waals surface area contributed by atoms with E-state index in [1.54, 1.807) is 0 Å². The van der Waals surface area contributed by atoms with Gasteiger partial charge >= 0.3 is 5.97 Å². The normalized spacial score (nSPS) is 18.7. The molecule has 4 heteroatoms. The summed E-state index contributed by atoms with van der Waals surface area (Å²) in [6, 6.07) is 7.76. The number of aliphatic carboxylic acids is 1. The molecule has 1 atom stereocenters. The van der Waals surface area contributed by atoms with Gasteiger partial charge in [-0.1, -0.05) is 24.3 Å². The maximum absolute atomic E-state index is 11.2. The zero-order valence-corrected chi connectivity index (χ0v) is 9.97. The summed E-state index contributed by atoms with van der Waals surface area (Å²) in [7, 11) is 2.07. The first-order chi connectivity index (χ1) is 8.13. The van der Waals surface area contributed by atoms with E-state index in [0.29, 0.717) is 5.92 Å².